The standard InChI is InChI=1S/C28H25BrClN3O3S/c1-4-33-27(35)25(37-28(33)32-21-10-11-23(29)24(30)15-21)14-19-6-5-7-22(13-19)36-16-26(34)31-20-9-8-17(2)18(3)12-20/h5-15H,4,16H2,1-3H3,(H,31,34)/b25-14+,32-28?. The SMILES string of the molecule is CCN1C(=O)/C(=C\c2cccc(OCC(=O)Nc3ccc(C)c(C)c3)c2)SC1=Nc1ccc(Br)c(Cl)c1. The number of carbonyl (C=O) groups excluding carboxylic acids is 2. The van der Waals surface area contributed by atoms with E-state index in [1.807, 2.05) is 63.2 Å². The highest BCUT2D eigenvalue weighted by molar-refractivity contribution is 9.10. The number of aliphatic imine (C=N–C) groups is 1. The van der Waals surface area contributed by atoms with E-state index in [0.29, 0.717) is 33.1 Å². The minimum atomic E-state index is -0.249. The number of hydrogen-bond acceptors (Lipinski definition) is 5. The lowest BCUT2D eigenvalue weighted by molar-refractivity contribution is -0.122. The highest BCUT2D eigenvalue weighted by atomic mass is 79.9. The molecular formula is C28H25BrClN3O3S. The Kier molecular flexibility index (Phi) is 8.74. The molecule has 0 spiro atoms. The Bertz CT molecular complexity index is 1420. The number of halogens is 2. The maximum absolute atomic E-state index is 13.0. The first-order valence-electron chi connectivity index (χ1n) is 11.6. The number of ether oxygens (including phenoxy) is 1. The van der Waals surface area contributed by atoms with Crippen molar-refractivity contribution in [2.75, 3.05) is 18.5 Å². The quantitative estimate of drug-likeness (QED) is 0.289. The third-order valence-corrected chi connectivity index (χ3v) is 7.89. The second-order valence-electron chi connectivity index (χ2n) is 8.36. The molecule has 0 unspecified atom stereocenters. The van der Waals surface area contributed by atoms with Crippen LogP contribution in [0.25, 0.3) is 6.08 Å². The van der Waals surface area contributed by atoms with Crippen LogP contribution >= 0.6 is 39.3 Å². The van der Waals surface area contributed by atoms with Gasteiger partial charge in [-0.3, -0.25) is 14.5 Å². The Balaban J connectivity index is 1.44. The molecule has 9 heteroatoms. The van der Waals surface area contributed by atoms with E-state index >= 15 is 0 Å². The first kappa shape index (κ1) is 27.0. The van der Waals surface area contributed by atoms with Gasteiger partial charge in [0.15, 0.2) is 11.8 Å². The molecule has 3 aromatic rings. The highest BCUT2D eigenvalue weighted by Crippen LogP contribution is 2.35. The molecule has 190 valence electrons. The van der Waals surface area contributed by atoms with Crippen LogP contribution in [0.5, 0.6) is 5.75 Å². The smallest absolute Gasteiger partial charge is 0.266 e. The van der Waals surface area contributed by atoms with E-state index in [0.717, 1.165) is 26.9 Å². The summed E-state index contributed by atoms with van der Waals surface area (Å²) in [7, 11) is 0. The van der Waals surface area contributed by atoms with Gasteiger partial charge in [0.2, 0.25) is 0 Å². The minimum Gasteiger partial charge on any atom is -0.484 e. The molecule has 37 heavy (non-hydrogen) atoms. The molecule has 0 bridgehead atoms. The van der Waals surface area contributed by atoms with Crippen LogP contribution in [0.3, 0.4) is 0 Å². The first-order chi connectivity index (χ1) is 17.7. The summed E-state index contributed by atoms with van der Waals surface area (Å²) in [5.41, 5.74) is 4.45. The monoisotopic (exact) mass is 597 g/mol. The average Bonchev–Trinajstić information content (AvgIpc) is 3.16. The van der Waals surface area contributed by atoms with Crippen molar-refractivity contribution in [2.45, 2.75) is 20.8 Å². The Labute approximate surface area is 233 Å². The first-order valence-corrected chi connectivity index (χ1v) is 13.6. The molecule has 4 rings (SSSR count). The number of aryl methyl sites for hydroxylation is 2. The zero-order valence-corrected chi connectivity index (χ0v) is 23.7. The van der Waals surface area contributed by atoms with Gasteiger partial charge in [0, 0.05) is 16.7 Å². The molecule has 1 aliphatic heterocycles. The van der Waals surface area contributed by atoms with Crippen LogP contribution in [0.2, 0.25) is 5.02 Å². The van der Waals surface area contributed by atoms with Crippen molar-refractivity contribution >= 4 is 73.7 Å². The minimum absolute atomic E-state index is 0.117. The van der Waals surface area contributed by atoms with Crippen LogP contribution < -0.4 is 10.1 Å². The molecule has 1 fully saturated rings. The van der Waals surface area contributed by atoms with E-state index in [4.69, 9.17) is 16.3 Å². The number of amidine groups is 1. The summed E-state index contributed by atoms with van der Waals surface area (Å²) in [6, 6.07) is 18.4. The van der Waals surface area contributed by atoms with Gasteiger partial charge in [-0.15, -0.1) is 0 Å². The van der Waals surface area contributed by atoms with Crippen LogP contribution in [0.1, 0.15) is 23.6 Å². The maximum atomic E-state index is 13.0. The molecular weight excluding hydrogens is 574 g/mol. The number of anilines is 1. The number of thioether (sulfide) groups is 1. The lowest BCUT2D eigenvalue weighted by Crippen LogP contribution is -2.28. The van der Waals surface area contributed by atoms with Gasteiger partial charge in [0.25, 0.3) is 11.8 Å². The number of carbonyl (C=O) groups is 2. The second kappa shape index (κ2) is 12.0. The van der Waals surface area contributed by atoms with Crippen LogP contribution in [0.15, 0.2) is 75.0 Å². The zero-order valence-electron chi connectivity index (χ0n) is 20.5. The van der Waals surface area contributed by atoms with E-state index < -0.39 is 0 Å². The summed E-state index contributed by atoms with van der Waals surface area (Å²) in [5.74, 6) is 0.167. The summed E-state index contributed by atoms with van der Waals surface area (Å²) in [4.78, 5) is 32.2. The average molecular weight is 599 g/mol. The molecule has 0 radical (unpaired) electrons. The molecule has 1 heterocycles. The normalized spacial score (nSPS) is 15.5. The highest BCUT2D eigenvalue weighted by Gasteiger charge is 2.32. The molecule has 0 aromatic heterocycles. The molecule has 0 aliphatic carbocycles. The Morgan fingerprint density at radius 3 is 2.68 bits per heavy atom. The molecule has 0 saturated carbocycles. The summed E-state index contributed by atoms with van der Waals surface area (Å²) in [6.45, 7) is 6.29. The van der Waals surface area contributed by atoms with Gasteiger partial charge >= 0.3 is 0 Å². The molecule has 6 nitrogen and oxygen atoms in total. The zero-order chi connectivity index (χ0) is 26.5. The van der Waals surface area contributed by atoms with E-state index in [2.05, 4.69) is 26.2 Å². The molecule has 1 saturated heterocycles. The number of rotatable bonds is 7. The Morgan fingerprint density at radius 2 is 1.95 bits per heavy atom. The van der Waals surface area contributed by atoms with Crippen molar-refractivity contribution in [3.63, 3.8) is 0 Å². The fourth-order valence-electron chi connectivity index (χ4n) is 3.55. The Morgan fingerprint density at radius 1 is 1.14 bits per heavy atom. The summed E-state index contributed by atoms with van der Waals surface area (Å²) >= 11 is 10.9. The third-order valence-electron chi connectivity index (χ3n) is 5.65. The molecule has 1 aliphatic rings. The van der Waals surface area contributed by atoms with Gasteiger partial charge in [-0.1, -0.05) is 29.8 Å². The molecule has 2 amide bonds. The van der Waals surface area contributed by atoms with Crippen molar-refractivity contribution in [3.8, 4) is 5.75 Å². The van der Waals surface area contributed by atoms with Gasteiger partial charge in [-0.25, -0.2) is 4.99 Å². The third kappa shape index (κ3) is 6.83. The van der Waals surface area contributed by atoms with Crippen LogP contribution in [-0.4, -0.2) is 35.0 Å². The van der Waals surface area contributed by atoms with Crippen molar-refractivity contribution in [3.05, 3.63) is 91.8 Å². The van der Waals surface area contributed by atoms with Crippen LogP contribution in [-0.2, 0) is 9.59 Å². The maximum Gasteiger partial charge on any atom is 0.266 e. The largest absolute Gasteiger partial charge is 0.484 e. The number of nitrogens with zero attached hydrogens (tertiary/aromatic N) is 2. The second-order valence-corrected chi connectivity index (χ2v) is 10.6. The van der Waals surface area contributed by atoms with Crippen LogP contribution in [0, 0.1) is 13.8 Å². The summed E-state index contributed by atoms with van der Waals surface area (Å²) < 4.78 is 6.49. The van der Waals surface area contributed by atoms with Gasteiger partial charge < -0.3 is 10.1 Å². The van der Waals surface area contributed by atoms with E-state index in [1.54, 1.807) is 29.2 Å². The molecule has 3 aromatic carbocycles. The van der Waals surface area contributed by atoms with Gasteiger partial charge in [-0.2, -0.15) is 0 Å². The number of nitrogens with one attached hydrogen (secondary N) is 1. The van der Waals surface area contributed by atoms with Crippen molar-refractivity contribution in [1.82, 2.24) is 4.90 Å². The lowest BCUT2D eigenvalue weighted by Gasteiger charge is -2.12. The number of likely N-dealkylation sites (N-methyl/N-ethyl adjacent to an activating group) is 1. The fraction of sp³-hybridized carbons (Fsp3) is 0.179. The van der Waals surface area contributed by atoms with E-state index in [1.165, 1.54) is 11.8 Å². The number of amides is 2. The van der Waals surface area contributed by atoms with Gasteiger partial charge in [0.05, 0.1) is 15.6 Å². The molecule has 1 N–H and O–H groups in total. The topological polar surface area (TPSA) is 71.0 Å². The van der Waals surface area contributed by atoms with Gasteiger partial charge in [0.1, 0.15) is 5.75 Å². The van der Waals surface area contributed by atoms with Crippen molar-refractivity contribution < 1.29 is 14.3 Å². The number of hydrogen-bond donors (Lipinski definition) is 1. The lowest BCUT2D eigenvalue weighted by atomic mass is 10.1. The predicted octanol–water partition coefficient (Wildman–Crippen LogP) is 7.36. The fourth-order valence-corrected chi connectivity index (χ4v) is 5.03. The van der Waals surface area contributed by atoms with Crippen LogP contribution in [0.4, 0.5) is 11.4 Å². The van der Waals surface area contributed by atoms with Crippen molar-refractivity contribution in [1.29, 1.82) is 0 Å². The van der Waals surface area contributed by atoms with Crippen molar-refractivity contribution in [2.24, 2.45) is 4.99 Å². The summed E-state index contributed by atoms with van der Waals surface area (Å²) in [6.07, 6.45) is 1.80. The van der Waals surface area contributed by atoms with Gasteiger partial charge in [-0.05, 0) is 114 Å². The number of benzene rings is 3. The molecule has 0 atom stereocenters. The Hall–Kier alpha value is -3.07. The van der Waals surface area contributed by atoms with E-state index in [9.17, 15) is 9.59 Å². The van der Waals surface area contributed by atoms with E-state index in [-0.39, 0.29) is 18.4 Å². The summed E-state index contributed by atoms with van der Waals surface area (Å²) in [5, 5.41) is 3.99. The predicted molar refractivity (Wildman–Crippen MR) is 156 cm³/mol.